The Labute approximate surface area is 169 Å². The molecular weight excluding hydrogens is 405 g/mol. The summed E-state index contributed by atoms with van der Waals surface area (Å²) in [6, 6.07) is 13.0. The number of para-hydroxylation sites is 1. The lowest BCUT2D eigenvalue weighted by molar-refractivity contribution is 0.283. The van der Waals surface area contributed by atoms with E-state index < -0.39 is 11.2 Å². The van der Waals surface area contributed by atoms with Crippen molar-refractivity contribution in [2.45, 2.75) is 6.54 Å². The molecule has 9 heteroatoms. The third-order valence-corrected chi connectivity index (χ3v) is 4.27. The van der Waals surface area contributed by atoms with Crippen molar-refractivity contribution in [2.75, 3.05) is 6.61 Å². The Morgan fingerprint density at radius 1 is 1.07 bits per heavy atom. The highest BCUT2D eigenvalue weighted by atomic mass is 35.5. The summed E-state index contributed by atoms with van der Waals surface area (Å²) < 4.78 is 12.8. The Morgan fingerprint density at radius 3 is 2.57 bits per heavy atom. The van der Waals surface area contributed by atoms with Crippen LogP contribution in [0.1, 0.15) is 5.56 Å². The van der Waals surface area contributed by atoms with Crippen molar-refractivity contribution in [2.24, 2.45) is 0 Å². The minimum atomic E-state index is -0.549. The average Bonchev–Trinajstić information content (AvgIpc) is 2.67. The molecule has 28 heavy (non-hydrogen) atoms. The van der Waals surface area contributed by atoms with Crippen molar-refractivity contribution in [1.82, 2.24) is 9.55 Å². The Hall–Kier alpha value is -3.21. The first-order valence-corrected chi connectivity index (χ1v) is 8.82. The van der Waals surface area contributed by atoms with Gasteiger partial charge >= 0.3 is 5.69 Å². The molecule has 7 nitrogen and oxygen atoms in total. The fourth-order valence-corrected chi connectivity index (χ4v) is 2.77. The van der Waals surface area contributed by atoms with Crippen molar-refractivity contribution in [3.05, 3.63) is 85.1 Å². The summed E-state index contributed by atoms with van der Waals surface area (Å²) >= 11 is 12.4. The van der Waals surface area contributed by atoms with Crippen molar-refractivity contribution in [1.29, 1.82) is 5.26 Å². The van der Waals surface area contributed by atoms with E-state index in [-0.39, 0.29) is 35.2 Å². The van der Waals surface area contributed by atoms with Crippen LogP contribution in [-0.4, -0.2) is 16.2 Å². The predicted octanol–water partition coefficient (Wildman–Crippen LogP) is 3.59. The number of hydrogen-bond donors (Lipinski definition) is 1. The number of benzene rings is 2. The molecule has 0 aliphatic heterocycles. The van der Waals surface area contributed by atoms with E-state index in [9.17, 15) is 14.9 Å². The number of H-pyrrole nitrogens is 1. The van der Waals surface area contributed by atoms with Crippen LogP contribution >= 0.6 is 23.2 Å². The van der Waals surface area contributed by atoms with Gasteiger partial charge in [0.05, 0.1) is 28.2 Å². The topological polar surface area (TPSA) is 97.1 Å². The predicted molar refractivity (Wildman–Crippen MR) is 105 cm³/mol. The molecule has 0 aliphatic carbocycles. The maximum absolute atomic E-state index is 11.7. The molecule has 1 heterocycles. The van der Waals surface area contributed by atoms with Crippen LogP contribution in [0.4, 0.5) is 0 Å². The zero-order chi connectivity index (χ0) is 20.1. The van der Waals surface area contributed by atoms with E-state index in [1.807, 2.05) is 6.07 Å². The molecule has 142 valence electrons. The number of hydrogen-bond acceptors (Lipinski definition) is 5. The molecule has 3 rings (SSSR count). The zero-order valence-electron chi connectivity index (χ0n) is 14.3. The van der Waals surface area contributed by atoms with E-state index in [0.717, 1.165) is 0 Å². The highest BCUT2D eigenvalue weighted by Crippen LogP contribution is 2.41. The summed E-state index contributed by atoms with van der Waals surface area (Å²) in [5.74, 6) is 0.793. The molecule has 0 spiro atoms. The summed E-state index contributed by atoms with van der Waals surface area (Å²) in [4.78, 5) is 25.0. The standard InChI is InChI=1S/C19H13Cl2N3O4/c20-13-3-1-2-4-15(13)28-18-14(21)9-12(11-22)10-16(18)27-8-7-24-6-5-17(25)23-19(24)26/h1-6,9-10H,7-8H2,(H,23,25,26). The molecule has 0 atom stereocenters. The van der Waals surface area contributed by atoms with Crippen molar-refractivity contribution in [3.63, 3.8) is 0 Å². The van der Waals surface area contributed by atoms with Gasteiger partial charge in [-0.15, -0.1) is 0 Å². The zero-order valence-corrected chi connectivity index (χ0v) is 15.8. The number of nitriles is 1. The summed E-state index contributed by atoms with van der Waals surface area (Å²) in [7, 11) is 0. The SMILES string of the molecule is N#Cc1cc(Cl)c(Oc2ccccc2Cl)c(OCCn2ccc(=O)[nH]c2=O)c1. The average molecular weight is 418 g/mol. The number of nitrogens with zero attached hydrogens (tertiary/aromatic N) is 2. The second kappa shape index (κ2) is 8.65. The molecule has 1 N–H and O–H groups in total. The second-order valence-electron chi connectivity index (χ2n) is 5.58. The van der Waals surface area contributed by atoms with Gasteiger partial charge in [-0.1, -0.05) is 35.3 Å². The third-order valence-electron chi connectivity index (χ3n) is 3.67. The van der Waals surface area contributed by atoms with Crippen LogP contribution in [0.15, 0.2) is 58.3 Å². The van der Waals surface area contributed by atoms with Crippen LogP contribution in [0.5, 0.6) is 17.2 Å². The van der Waals surface area contributed by atoms with Crippen molar-refractivity contribution < 1.29 is 9.47 Å². The van der Waals surface area contributed by atoms with E-state index in [1.165, 1.54) is 29.0 Å². The molecular formula is C19H13Cl2N3O4. The Morgan fingerprint density at radius 2 is 1.86 bits per heavy atom. The third kappa shape index (κ3) is 4.55. The molecule has 0 radical (unpaired) electrons. The van der Waals surface area contributed by atoms with Gasteiger partial charge in [-0.2, -0.15) is 5.26 Å². The van der Waals surface area contributed by atoms with E-state index >= 15 is 0 Å². The fraction of sp³-hybridized carbons (Fsp3) is 0.105. The molecule has 0 saturated heterocycles. The molecule has 0 fully saturated rings. The normalized spacial score (nSPS) is 10.3. The van der Waals surface area contributed by atoms with E-state index in [2.05, 4.69) is 4.98 Å². The largest absolute Gasteiger partial charge is 0.488 e. The van der Waals surface area contributed by atoms with Crippen LogP contribution in [0.2, 0.25) is 10.0 Å². The number of aromatic amines is 1. The Balaban J connectivity index is 1.85. The number of aromatic nitrogens is 2. The van der Waals surface area contributed by atoms with Crippen LogP contribution in [-0.2, 0) is 6.54 Å². The van der Waals surface area contributed by atoms with Gasteiger partial charge in [-0.3, -0.25) is 14.3 Å². The molecule has 0 saturated carbocycles. The molecule has 3 aromatic rings. The van der Waals surface area contributed by atoms with E-state index in [0.29, 0.717) is 10.8 Å². The maximum Gasteiger partial charge on any atom is 0.328 e. The highest BCUT2D eigenvalue weighted by molar-refractivity contribution is 6.33. The fourth-order valence-electron chi connectivity index (χ4n) is 2.35. The van der Waals surface area contributed by atoms with Crippen LogP contribution in [0.25, 0.3) is 0 Å². The monoisotopic (exact) mass is 417 g/mol. The maximum atomic E-state index is 11.7. The highest BCUT2D eigenvalue weighted by Gasteiger charge is 2.15. The van der Waals surface area contributed by atoms with Gasteiger partial charge in [0.2, 0.25) is 0 Å². The summed E-state index contributed by atoms with van der Waals surface area (Å²) in [5.41, 5.74) is -0.744. The lowest BCUT2D eigenvalue weighted by Crippen LogP contribution is -2.30. The molecule has 2 aromatic carbocycles. The van der Waals surface area contributed by atoms with Crippen LogP contribution in [0, 0.1) is 11.3 Å². The Kier molecular flexibility index (Phi) is 6.04. The molecule has 0 aliphatic rings. The van der Waals surface area contributed by atoms with Gasteiger partial charge in [0.1, 0.15) is 12.4 Å². The van der Waals surface area contributed by atoms with E-state index in [1.54, 1.807) is 24.3 Å². The second-order valence-corrected chi connectivity index (χ2v) is 6.40. The first-order valence-electron chi connectivity index (χ1n) is 8.06. The summed E-state index contributed by atoms with van der Waals surface area (Å²) in [6.07, 6.45) is 1.37. The minimum absolute atomic E-state index is 0.0655. The van der Waals surface area contributed by atoms with Crippen LogP contribution in [0.3, 0.4) is 0 Å². The lowest BCUT2D eigenvalue weighted by atomic mass is 10.2. The Bertz CT molecular complexity index is 1160. The first-order chi connectivity index (χ1) is 13.5. The van der Waals surface area contributed by atoms with Crippen molar-refractivity contribution >= 4 is 23.2 Å². The van der Waals surface area contributed by atoms with Gasteiger partial charge in [-0.05, 0) is 18.2 Å². The van der Waals surface area contributed by atoms with Gasteiger partial charge < -0.3 is 9.47 Å². The van der Waals surface area contributed by atoms with Gasteiger partial charge in [0, 0.05) is 18.3 Å². The quantitative estimate of drug-likeness (QED) is 0.660. The molecule has 0 bridgehead atoms. The lowest BCUT2D eigenvalue weighted by Gasteiger charge is -2.15. The van der Waals surface area contributed by atoms with Gasteiger partial charge in [-0.25, -0.2) is 4.79 Å². The number of ether oxygens (including phenoxy) is 2. The first kappa shape index (κ1) is 19.5. The number of halogens is 2. The van der Waals surface area contributed by atoms with E-state index in [4.69, 9.17) is 32.7 Å². The number of rotatable bonds is 6. The van der Waals surface area contributed by atoms with Crippen LogP contribution < -0.4 is 20.7 Å². The summed E-state index contributed by atoms with van der Waals surface area (Å²) in [5, 5.41) is 9.73. The van der Waals surface area contributed by atoms with Gasteiger partial charge in [0.25, 0.3) is 5.56 Å². The molecule has 0 amide bonds. The number of nitrogens with one attached hydrogen (secondary N) is 1. The smallest absolute Gasteiger partial charge is 0.328 e. The van der Waals surface area contributed by atoms with Crippen molar-refractivity contribution in [3.8, 4) is 23.3 Å². The van der Waals surface area contributed by atoms with Gasteiger partial charge in [0.15, 0.2) is 11.5 Å². The minimum Gasteiger partial charge on any atom is -0.488 e. The molecule has 0 unspecified atom stereocenters. The summed E-state index contributed by atoms with van der Waals surface area (Å²) in [6.45, 7) is 0.228. The molecule has 1 aromatic heterocycles.